The quantitative estimate of drug-likeness (QED) is 0.532. The van der Waals surface area contributed by atoms with E-state index in [1.165, 1.54) is 16.2 Å². The summed E-state index contributed by atoms with van der Waals surface area (Å²) >= 11 is 1.27. The number of ether oxygens (including phenoxy) is 1. The molecule has 10 heteroatoms. The van der Waals surface area contributed by atoms with Gasteiger partial charge in [-0.15, -0.1) is 0 Å². The van der Waals surface area contributed by atoms with Crippen molar-refractivity contribution < 1.29 is 22.7 Å². The third kappa shape index (κ3) is 5.17. The largest absolute Gasteiger partial charge is 0.494 e. The Kier molecular flexibility index (Phi) is 6.66. The van der Waals surface area contributed by atoms with Crippen LogP contribution in [-0.4, -0.2) is 49.5 Å². The number of nitrogens with zero attached hydrogens (tertiary/aromatic N) is 3. The standard InChI is InChI=1S/C23H25N3O5S2/c1-3-31-17-10-11-19-20(13-17)32-23(25(19)2)24-21(27)14-33(29,30)15-22(28)26-12-6-8-16-7-4-5-9-18(16)26/h4-5,7,9-11,13H,3,6,8,12,14-15H2,1-2H3. The highest BCUT2D eigenvalue weighted by Gasteiger charge is 2.28. The Bertz CT molecular complexity index is 1390. The number of amides is 2. The minimum atomic E-state index is -3.97. The van der Waals surface area contributed by atoms with Gasteiger partial charge in [0.2, 0.25) is 5.91 Å². The Morgan fingerprint density at radius 1 is 1.15 bits per heavy atom. The van der Waals surface area contributed by atoms with Crippen LogP contribution in [0.4, 0.5) is 5.69 Å². The number of anilines is 1. The molecule has 2 amide bonds. The van der Waals surface area contributed by atoms with Crippen molar-refractivity contribution in [2.24, 2.45) is 12.0 Å². The summed E-state index contributed by atoms with van der Waals surface area (Å²) in [7, 11) is -2.21. The van der Waals surface area contributed by atoms with Gasteiger partial charge in [-0.2, -0.15) is 4.99 Å². The van der Waals surface area contributed by atoms with E-state index in [2.05, 4.69) is 4.99 Å². The summed E-state index contributed by atoms with van der Waals surface area (Å²) in [6.07, 6.45) is 1.62. The summed E-state index contributed by atoms with van der Waals surface area (Å²) in [5.41, 5.74) is 2.62. The summed E-state index contributed by atoms with van der Waals surface area (Å²) in [4.78, 5) is 31.1. The number of benzene rings is 2. The number of hydrogen-bond acceptors (Lipinski definition) is 6. The van der Waals surface area contributed by atoms with E-state index in [4.69, 9.17) is 4.74 Å². The molecule has 0 spiro atoms. The second-order valence-corrected chi connectivity index (χ2v) is 10.9. The van der Waals surface area contributed by atoms with E-state index in [9.17, 15) is 18.0 Å². The van der Waals surface area contributed by atoms with Gasteiger partial charge < -0.3 is 14.2 Å². The first-order valence-corrected chi connectivity index (χ1v) is 13.3. The molecule has 2 heterocycles. The Balaban J connectivity index is 1.50. The van der Waals surface area contributed by atoms with Gasteiger partial charge in [-0.1, -0.05) is 29.5 Å². The highest BCUT2D eigenvalue weighted by molar-refractivity contribution is 7.92. The number of sulfone groups is 1. The average molecular weight is 488 g/mol. The van der Waals surface area contributed by atoms with Crippen LogP contribution in [0.5, 0.6) is 5.75 Å². The Hall–Kier alpha value is -2.98. The first kappa shape index (κ1) is 23.2. The molecule has 2 aromatic carbocycles. The topological polar surface area (TPSA) is 98.0 Å². The van der Waals surface area contributed by atoms with Crippen LogP contribution in [0.2, 0.25) is 0 Å². The zero-order valence-electron chi connectivity index (χ0n) is 18.5. The van der Waals surface area contributed by atoms with Crippen molar-refractivity contribution in [3.8, 4) is 5.75 Å². The normalized spacial score (nSPS) is 14.4. The molecule has 0 atom stereocenters. The average Bonchev–Trinajstić information content (AvgIpc) is 3.07. The van der Waals surface area contributed by atoms with E-state index < -0.39 is 33.2 Å². The van der Waals surface area contributed by atoms with Crippen molar-refractivity contribution in [1.82, 2.24) is 4.57 Å². The molecule has 1 aromatic heterocycles. The van der Waals surface area contributed by atoms with E-state index in [-0.39, 0.29) is 0 Å². The molecule has 174 valence electrons. The van der Waals surface area contributed by atoms with Crippen LogP contribution >= 0.6 is 11.3 Å². The van der Waals surface area contributed by atoms with E-state index >= 15 is 0 Å². The van der Waals surface area contributed by atoms with Crippen LogP contribution in [0.3, 0.4) is 0 Å². The summed E-state index contributed by atoms with van der Waals surface area (Å²) in [6.45, 7) is 2.90. The molecule has 0 saturated heterocycles. The van der Waals surface area contributed by atoms with Crippen LogP contribution in [0.15, 0.2) is 47.5 Å². The van der Waals surface area contributed by atoms with E-state index in [1.54, 1.807) is 11.6 Å². The lowest BCUT2D eigenvalue weighted by Gasteiger charge is -2.29. The molecule has 0 saturated carbocycles. The maximum absolute atomic E-state index is 12.8. The van der Waals surface area contributed by atoms with E-state index in [1.807, 2.05) is 49.4 Å². The van der Waals surface area contributed by atoms with Crippen molar-refractivity contribution in [3.05, 3.63) is 52.8 Å². The number of rotatable bonds is 6. The number of hydrogen-bond donors (Lipinski definition) is 0. The SMILES string of the molecule is CCOc1ccc2c(c1)sc(=NC(=O)CS(=O)(=O)CC(=O)N1CCCc3ccccc31)n2C. The van der Waals surface area contributed by atoms with E-state index in [0.29, 0.717) is 23.7 Å². The van der Waals surface area contributed by atoms with Gasteiger partial charge in [0.05, 0.1) is 16.8 Å². The monoisotopic (exact) mass is 487 g/mol. The fourth-order valence-electron chi connectivity index (χ4n) is 3.91. The maximum Gasteiger partial charge on any atom is 0.263 e. The molecule has 4 rings (SSSR count). The Morgan fingerprint density at radius 3 is 2.73 bits per heavy atom. The van der Waals surface area contributed by atoms with Gasteiger partial charge in [-0.3, -0.25) is 9.59 Å². The number of aromatic nitrogens is 1. The molecular formula is C23H25N3O5S2. The number of carbonyl (C=O) groups is 2. The molecule has 1 aliphatic heterocycles. The maximum atomic E-state index is 12.8. The molecule has 33 heavy (non-hydrogen) atoms. The van der Waals surface area contributed by atoms with Crippen molar-refractivity contribution in [2.75, 3.05) is 29.6 Å². The van der Waals surface area contributed by atoms with Gasteiger partial charge in [0, 0.05) is 19.3 Å². The number of fused-ring (bicyclic) bond motifs is 2. The zero-order chi connectivity index (χ0) is 23.6. The predicted molar refractivity (Wildman–Crippen MR) is 128 cm³/mol. The van der Waals surface area contributed by atoms with Crippen LogP contribution in [-0.2, 0) is 32.9 Å². The van der Waals surface area contributed by atoms with Gasteiger partial charge in [0.1, 0.15) is 17.3 Å². The molecule has 0 bridgehead atoms. The second-order valence-electron chi connectivity index (χ2n) is 7.82. The summed E-state index contributed by atoms with van der Waals surface area (Å²) in [6, 6.07) is 13.0. The van der Waals surface area contributed by atoms with Crippen molar-refractivity contribution in [3.63, 3.8) is 0 Å². The van der Waals surface area contributed by atoms with Gasteiger partial charge in [-0.05, 0) is 49.6 Å². The summed E-state index contributed by atoms with van der Waals surface area (Å²) in [5, 5.41) is 0. The highest BCUT2D eigenvalue weighted by atomic mass is 32.2. The molecule has 8 nitrogen and oxygen atoms in total. The second kappa shape index (κ2) is 9.48. The first-order chi connectivity index (χ1) is 15.8. The molecular weight excluding hydrogens is 462 g/mol. The fraction of sp³-hybridized carbons (Fsp3) is 0.348. The molecule has 3 aromatic rings. The van der Waals surface area contributed by atoms with Crippen LogP contribution in [0.1, 0.15) is 18.9 Å². The van der Waals surface area contributed by atoms with Crippen molar-refractivity contribution in [2.45, 2.75) is 19.8 Å². The predicted octanol–water partition coefficient (Wildman–Crippen LogP) is 2.46. The lowest BCUT2D eigenvalue weighted by Crippen LogP contribution is -2.40. The smallest absolute Gasteiger partial charge is 0.263 e. The lowest BCUT2D eigenvalue weighted by molar-refractivity contribution is -0.116. The van der Waals surface area contributed by atoms with Crippen LogP contribution in [0.25, 0.3) is 10.2 Å². The molecule has 0 aliphatic carbocycles. The summed E-state index contributed by atoms with van der Waals surface area (Å²) < 4.78 is 33.4. The van der Waals surface area contributed by atoms with Gasteiger partial charge in [0.15, 0.2) is 14.6 Å². The van der Waals surface area contributed by atoms with Gasteiger partial charge in [-0.25, -0.2) is 8.42 Å². The van der Waals surface area contributed by atoms with Gasteiger partial charge >= 0.3 is 0 Å². The minimum Gasteiger partial charge on any atom is -0.494 e. The van der Waals surface area contributed by atoms with Crippen LogP contribution < -0.4 is 14.4 Å². The number of aryl methyl sites for hydroxylation is 2. The lowest BCUT2D eigenvalue weighted by atomic mass is 10.0. The van der Waals surface area contributed by atoms with Gasteiger partial charge in [0.25, 0.3) is 5.91 Å². The Labute approximate surface area is 196 Å². The van der Waals surface area contributed by atoms with Crippen molar-refractivity contribution in [1.29, 1.82) is 0 Å². The Morgan fingerprint density at radius 2 is 1.94 bits per heavy atom. The summed E-state index contributed by atoms with van der Waals surface area (Å²) in [5.74, 6) is -2.14. The minimum absolute atomic E-state index is 0.384. The fourth-order valence-corrected chi connectivity index (χ4v) is 6.05. The number of para-hydroxylation sites is 1. The number of thiazole rings is 1. The molecule has 0 radical (unpaired) electrons. The van der Waals surface area contributed by atoms with Crippen LogP contribution in [0, 0.1) is 0 Å². The highest BCUT2D eigenvalue weighted by Crippen LogP contribution is 2.27. The third-order valence-corrected chi connectivity index (χ3v) is 7.88. The molecule has 1 aliphatic rings. The molecule has 0 unspecified atom stereocenters. The zero-order valence-corrected chi connectivity index (χ0v) is 20.1. The number of carbonyl (C=O) groups excluding carboxylic acids is 2. The third-order valence-electron chi connectivity index (χ3n) is 5.41. The van der Waals surface area contributed by atoms with Crippen molar-refractivity contribution >= 4 is 48.9 Å². The molecule has 0 N–H and O–H groups in total. The molecule has 0 fully saturated rings. The first-order valence-electron chi connectivity index (χ1n) is 10.7. The van der Waals surface area contributed by atoms with E-state index in [0.717, 1.165) is 34.3 Å².